The van der Waals surface area contributed by atoms with E-state index in [1.165, 1.54) is 0 Å². The molecule has 0 amide bonds. The lowest BCUT2D eigenvalue weighted by atomic mass is 10.0. The van der Waals surface area contributed by atoms with E-state index in [0.29, 0.717) is 18.3 Å². The molecule has 3 atom stereocenters. The van der Waals surface area contributed by atoms with Crippen molar-refractivity contribution < 1.29 is 9.84 Å². The maximum Gasteiger partial charge on any atom is 0.199 e. The Bertz CT molecular complexity index is 152. The lowest BCUT2D eigenvalue weighted by Gasteiger charge is -2.29. The molecule has 2 nitrogen and oxygen atoms in total. The van der Waals surface area contributed by atoms with Crippen LogP contribution >= 0.6 is 0 Å². The van der Waals surface area contributed by atoms with Crippen LogP contribution in [-0.2, 0) is 9.84 Å². The maximum atomic E-state index is 11.9. The summed E-state index contributed by atoms with van der Waals surface area (Å²) in [6, 6.07) is 0. The third-order valence-electron chi connectivity index (χ3n) is 2.66. The van der Waals surface area contributed by atoms with Gasteiger partial charge in [-0.15, -0.1) is 0 Å². The molecule has 0 heterocycles. The van der Waals surface area contributed by atoms with E-state index >= 15 is 0 Å². The Hall–Kier alpha value is -0.0800. The SMILES string of the molecule is CCC(C)C(C)OC(C)([O])CC(C)C. The standard InChI is InChI=1S/C12H25O2/c1-7-10(4)11(5)14-12(6,13)8-9(2)3/h9-11H,7-8H2,1-6H3. The predicted octanol–water partition coefficient (Wildman–Crippen LogP) is 3.63. The quantitative estimate of drug-likeness (QED) is 0.603. The highest BCUT2D eigenvalue weighted by Gasteiger charge is 2.28. The largest absolute Gasteiger partial charge is 0.344 e. The molecule has 0 rings (SSSR count). The molecule has 0 aromatic rings. The minimum absolute atomic E-state index is 0.0567. The second kappa shape index (κ2) is 5.72. The number of rotatable bonds is 6. The molecular formula is C12H25O2. The van der Waals surface area contributed by atoms with Gasteiger partial charge in [-0.3, -0.25) is 0 Å². The number of ether oxygens (including phenoxy) is 1. The average molecular weight is 201 g/mol. The van der Waals surface area contributed by atoms with Crippen molar-refractivity contribution in [1.29, 1.82) is 0 Å². The molecule has 2 heteroatoms. The Morgan fingerprint density at radius 3 is 2.07 bits per heavy atom. The van der Waals surface area contributed by atoms with Gasteiger partial charge in [-0.2, -0.15) is 5.11 Å². The van der Waals surface area contributed by atoms with Crippen LogP contribution < -0.4 is 0 Å². The zero-order valence-electron chi connectivity index (χ0n) is 10.5. The van der Waals surface area contributed by atoms with Crippen LogP contribution in [0.1, 0.15) is 54.4 Å². The van der Waals surface area contributed by atoms with Gasteiger partial charge in [0.15, 0.2) is 5.79 Å². The second-order valence-corrected chi connectivity index (χ2v) is 4.94. The Morgan fingerprint density at radius 2 is 1.71 bits per heavy atom. The first-order valence-corrected chi connectivity index (χ1v) is 5.66. The van der Waals surface area contributed by atoms with Gasteiger partial charge >= 0.3 is 0 Å². The van der Waals surface area contributed by atoms with Crippen LogP contribution in [0.3, 0.4) is 0 Å². The third-order valence-corrected chi connectivity index (χ3v) is 2.66. The fourth-order valence-electron chi connectivity index (χ4n) is 1.63. The predicted molar refractivity (Wildman–Crippen MR) is 58.5 cm³/mol. The Kier molecular flexibility index (Phi) is 5.68. The summed E-state index contributed by atoms with van der Waals surface area (Å²) in [5, 5.41) is 11.9. The van der Waals surface area contributed by atoms with E-state index in [2.05, 4.69) is 13.8 Å². The molecule has 14 heavy (non-hydrogen) atoms. The molecule has 0 aliphatic heterocycles. The molecule has 0 aliphatic rings. The van der Waals surface area contributed by atoms with Crippen LogP contribution in [0.15, 0.2) is 0 Å². The molecule has 0 aromatic heterocycles. The van der Waals surface area contributed by atoms with Crippen molar-refractivity contribution in [3.63, 3.8) is 0 Å². The molecular weight excluding hydrogens is 176 g/mol. The molecule has 3 unspecified atom stereocenters. The molecule has 0 aromatic carbocycles. The van der Waals surface area contributed by atoms with E-state index in [0.717, 1.165) is 6.42 Å². The summed E-state index contributed by atoms with van der Waals surface area (Å²) in [7, 11) is 0. The van der Waals surface area contributed by atoms with Crippen molar-refractivity contribution in [3.05, 3.63) is 0 Å². The van der Waals surface area contributed by atoms with Gasteiger partial charge in [0.25, 0.3) is 0 Å². The Labute approximate surface area is 88.7 Å². The average Bonchev–Trinajstić information content (AvgIpc) is 1.99. The summed E-state index contributed by atoms with van der Waals surface area (Å²) in [6.45, 7) is 12.0. The van der Waals surface area contributed by atoms with E-state index in [4.69, 9.17) is 4.74 Å². The van der Waals surface area contributed by atoms with Gasteiger partial charge in [-0.1, -0.05) is 34.1 Å². The van der Waals surface area contributed by atoms with E-state index in [1.54, 1.807) is 6.92 Å². The molecule has 0 spiro atoms. The molecule has 0 bridgehead atoms. The second-order valence-electron chi connectivity index (χ2n) is 4.94. The lowest BCUT2D eigenvalue weighted by Crippen LogP contribution is -2.35. The van der Waals surface area contributed by atoms with Crippen LogP contribution in [0.25, 0.3) is 0 Å². The fraction of sp³-hybridized carbons (Fsp3) is 1.00. The van der Waals surface area contributed by atoms with Gasteiger partial charge in [0, 0.05) is 6.42 Å². The first-order chi connectivity index (χ1) is 6.28. The summed E-state index contributed by atoms with van der Waals surface area (Å²) >= 11 is 0. The van der Waals surface area contributed by atoms with Gasteiger partial charge in [0.2, 0.25) is 0 Å². The van der Waals surface area contributed by atoms with E-state index in [1.807, 2.05) is 20.8 Å². The van der Waals surface area contributed by atoms with Gasteiger partial charge in [-0.05, 0) is 25.7 Å². The van der Waals surface area contributed by atoms with E-state index < -0.39 is 5.79 Å². The fourth-order valence-corrected chi connectivity index (χ4v) is 1.63. The van der Waals surface area contributed by atoms with Crippen molar-refractivity contribution in [3.8, 4) is 0 Å². The Morgan fingerprint density at radius 1 is 1.21 bits per heavy atom. The lowest BCUT2D eigenvalue weighted by molar-refractivity contribution is -0.263. The van der Waals surface area contributed by atoms with Crippen LogP contribution in [0.2, 0.25) is 0 Å². The summed E-state index contributed by atoms with van der Waals surface area (Å²) in [6.07, 6.45) is 1.69. The van der Waals surface area contributed by atoms with Crippen molar-refractivity contribution in [2.24, 2.45) is 11.8 Å². The highest BCUT2D eigenvalue weighted by molar-refractivity contribution is 4.67. The van der Waals surface area contributed by atoms with Crippen LogP contribution in [-0.4, -0.2) is 11.9 Å². The van der Waals surface area contributed by atoms with Crippen LogP contribution in [0.4, 0.5) is 0 Å². The Balaban J connectivity index is 4.07. The normalized spacial score (nSPS) is 20.6. The van der Waals surface area contributed by atoms with Crippen LogP contribution in [0, 0.1) is 11.8 Å². The van der Waals surface area contributed by atoms with Crippen molar-refractivity contribution >= 4 is 0 Å². The molecule has 0 saturated carbocycles. The summed E-state index contributed by atoms with van der Waals surface area (Å²) < 4.78 is 5.55. The van der Waals surface area contributed by atoms with E-state index in [-0.39, 0.29) is 6.10 Å². The first kappa shape index (κ1) is 13.9. The topological polar surface area (TPSA) is 29.1 Å². The highest BCUT2D eigenvalue weighted by atomic mass is 16.6. The number of hydrogen-bond donors (Lipinski definition) is 0. The minimum Gasteiger partial charge on any atom is -0.344 e. The zero-order chi connectivity index (χ0) is 11.4. The molecule has 85 valence electrons. The monoisotopic (exact) mass is 201 g/mol. The molecule has 0 saturated heterocycles. The third kappa shape index (κ3) is 5.61. The molecule has 0 aliphatic carbocycles. The first-order valence-electron chi connectivity index (χ1n) is 5.66. The number of hydrogen-bond acceptors (Lipinski definition) is 1. The summed E-state index contributed by atoms with van der Waals surface area (Å²) in [5.74, 6) is -0.381. The van der Waals surface area contributed by atoms with Gasteiger partial charge in [0.1, 0.15) is 0 Å². The van der Waals surface area contributed by atoms with Crippen LogP contribution in [0.5, 0.6) is 0 Å². The van der Waals surface area contributed by atoms with Gasteiger partial charge in [-0.25, -0.2) is 0 Å². The van der Waals surface area contributed by atoms with E-state index in [9.17, 15) is 5.11 Å². The van der Waals surface area contributed by atoms with Crippen molar-refractivity contribution in [1.82, 2.24) is 0 Å². The summed E-state index contributed by atoms with van der Waals surface area (Å²) in [4.78, 5) is 0. The maximum absolute atomic E-state index is 11.9. The zero-order valence-corrected chi connectivity index (χ0v) is 10.5. The van der Waals surface area contributed by atoms with Crippen molar-refractivity contribution in [2.75, 3.05) is 0 Å². The van der Waals surface area contributed by atoms with Crippen molar-refractivity contribution in [2.45, 2.75) is 66.3 Å². The van der Waals surface area contributed by atoms with Gasteiger partial charge < -0.3 is 4.74 Å². The molecule has 1 radical (unpaired) electrons. The summed E-state index contributed by atoms with van der Waals surface area (Å²) in [5.41, 5.74) is 0. The van der Waals surface area contributed by atoms with Gasteiger partial charge in [0.05, 0.1) is 6.10 Å². The molecule has 0 fully saturated rings. The highest BCUT2D eigenvalue weighted by Crippen LogP contribution is 2.23. The smallest absolute Gasteiger partial charge is 0.199 e. The minimum atomic E-state index is -1.23. The molecule has 0 N–H and O–H groups in total.